The maximum atomic E-state index is 14.3. The predicted molar refractivity (Wildman–Crippen MR) is 181 cm³/mol. The van der Waals surface area contributed by atoms with Gasteiger partial charge in [-0.1, -0.05) is 77.5 Å². The number of nitrogens with zero attached hydrogens (tertiary/aromatic N) is 3. The van der Waals surface area contributed by atoms with Crippen LogP contribution in [0.25, 0.3) is 11.8 Å². The number of carbonyl (C=O) groups is 1. The van der Waals surface area contributed by atoms with Crippen LogP contribution in [0, 0.1) is 11.3 Å². The van der Waals surface area contributed by atoms with Gasteiger partial charge in [0.1, 0.15) is 18.1 Å². The third-order valence-corrected chi connectivity index (χ3v) is 8.76. The first kappa shape index (κ1) is 31.5. The van der Waals surface area contributed by atoms with Crippen molar-refractivity contribution in [2.75, 3.05) is 13.7 Å². The summed E-state index contributed by atoms with van der Waals surface area (Å²) in [5.74, 6) is 0.604. The van der Waals surface area contributed by atoms with Crippen LogP contribution in [0.2, 0.25) is 5.02 Å². The van der Waals surface area contributed by atoms with Gasteiger partial charge in [0, 0.05) is 16.1 Å². The van der Waals surface area contributed by atoms with Gasteiger partial charge in [-0.15, -0.1) is 0 Å². The number of rotatable bonds is 9. The van der Waals surface area contributed by atoms with Crippen molar-refractivity contribution >= 4 is 40.7 Å². The molecule has 0 saturated carbocycles. The molecular weight excluding hydrogens is 634 g/mol. The van der Waals surface area contributed by atoms with E-state index in [9.17, 15) is 9.59 Å². The van der Waals surface area contributed by atoms with Gasteiger partial charge in [0.2, 0.25) is 0 Å². The molecule has 0 aliphatic carbocycles. The molecule has 0 N–H and O–H groups in total. The fourth-order valence-corrected chi connectivity index (χ4v) is 6.46. The van der Waals surface area contributed by atoms with Crippen LogP contribution in [0.15, 0.2) is 112 Å². The van der Waals surface area contributed by atoms with Gasteiger partial charge in [0.05, 0.1) is 47.2 Å². The normalized spacial score (nSPS) is 14.2. The van der Waals surface area contributed by atoms with Crippen molar-refractivity contribution in [3.05, 3.63) is 155 Å². The van der Waals surface area contributed by atoms with Crippen LogP contribution in [0.3, 0.4) is 0 Å². The molecular formula is C37H28ClN3O5S. The van der Waals surface area contributed by atoms with Gasteiger partial charge >= 0.3 is 5.97 Å². The molecule has 0 radical (unpaired) electrons. The number of hydrogen-bond donors (Lipinski definition) is 0. The van der Waals surface area contributed by atoms with E-state index < -0.39 is 12.0 Å². The zero-order chi connectivity index (χ0) is 32.9. The van der Waals surface area contributed by atoms with Crippen molar-refractivity contribution in [2.45, 2.75) is 19.6 Å². The van der Waals surface area contributed by atoms with E-state index in [1.165, 1.54) is 11.3 Å². The summed E-state index contributed by atoms with van der Waals surface area (Å²) in [6.45, 7) is 2.14. The number of carbonyl (C=O) groups excluding carboxylic acids is 1. The molecule has 0 fully saturated rings. The molecule has 47 heavy (non-hydrogen) atoms. The monoisotopic (exact) mass is 661 g/mol. The Labute approximate surface area is 279 Å². The van der Waals surface area contributed by atoms with E-state index in [4.69, 9.17) is 36.1 Å². The molecule has 2 heterocycles. The zero-order valence-electron chi connectivity index (χ0n) is 25.5. The Morgan fingerprint density at radius 1 is 1.04 bits per heavy atom. The molecule has 234 valence electrons. The van der Waals surface area contributed by atoms with Crippen molar-refractivity contribution in [1.29, 1.82) is 5.26 Å². The first-order valence-corrected chi connectivity index (χ1v) is 15.9. The smallest absolute Gasteiger partial charge is 0.338 e. The van der Waals surface area contributed by atoms with Crippen molar-refractivity contribution in [1.82, 2.24) is 4.57 Å². The maximum absolute atomic E-state index is 14.3. The Bertz CT molecular complexity index is 2200. The van der Waals surface area contributed by atoms with E-state index in [1.807, 2.05) is 54.6 Å². The Morgan fingerprint density at radius 3 is 2.47 bits per heavy atom. The van der Waals surface area contributed by atoms with Crippen molar-refractivity contribution in [3.8, 4) is 17.6 Å². The molecule has 8 nitrogen and oxygen atoms in total. The molecule has 4 aromatic carbocycles. The number of hydrogen-bond acceptors (Lipinski definition) is 8. The topological polar surface area (TPSA) is 103 Å². The highest BCUT2D eigenvalue weighted by atomic mass is 35.5. The second-order valence-corrected chi connectivity index (χ2v) is 11.9. The van der Waals surface area contributed by atoms with Crippen LogP contribution in [-0.2, 0) is 16.1 Å². The summed E-state index contributed by atoms with van der Waals surface area (Å²) in [5.41, 5.74) is 3.82. The largest absolute Gasteiger partial charge is 0.497 e. The maximum Gasteiger partial charge on any atom is 0.338 e. The quantitative estimate of drug-likeness (QED) is 0.178. The fraction of sp³-hybridized carbons (Fsp3) is 0.135. The zero-order valence-corrected chi connectivity index (χ0v) is 27.0. The molecule has 0 unspecified atom stereocenters. The number of ether oxygens (including phenoxy) is 3. The molecule has 6 rings (SSSR count). The summed E-state index contributed by atoms with van der Waals surface area (Å²) in [4.78, 5) is 33.3. The first-order chi connectivity index (χ1) is 22.9. The fourth-order valence-electron chi connectivity index (χ4n) is 5.28. The van der Waals surface area contributed by atoms with Gasteiger partial charge in [-0.05, 0) is 66.6 Å². The highest BCUT2D eigenvalue weighted by molar-refractivity contribution is 7.07. The molecule has 1 atom stereocenters. The predicted octanol–water partition coefficient (Wildman–Crippen LogP) is 6.05. The number of thiazole rings is 1. The Morgan fingerprint density at radius 2 is 1.79 bits per heavy atom. The van der Waals surface area contributed by atoms with E-state index in [-0.39, 0.29) is 24.3 Å². The second-order valence-electron chi connectivity index (χ2n) is 10.5. The van der Waals surface area contributed by atoms with E-state index >= 15 is 0 Å². The summed E-state index contributed by atoms with van der Waals surface area (Å²) >= 11 is 7.61. The number of nitriles is 1. The number of benzene rings is 4. The van der Waals surface area contributed by atoms with E-state index in [1.54, 1.807) is 67.1 Å². The van der Waals surface area contributed by atoms with Gasteiger partial charge < -0.3 is 14.2 Å². The van der Waals surface area contributed by atoms with Gasteiger partial charge in [-0.25, -0.2) is 9.79 Å². The summed E-state index contributed by atoms with van der Waals surface area (Å²) in [7, 11) is 1.58. The highest BCUT2D eigenvalue weighted by Gasteiger charge is 2.35. The van der Waals surface area contributed by atoms with Crippen molar-refractivity contribution in [2.24, 2.45) is 4.99 Å². The molecule has 0 amide bonds. The number of methoxy groups -OCH3 is 1. The highest BCUT2D eigenvalue weighted by Crippen LogP contribution is 2.36. The third-order valence-electron chi connectivity index (χ3n) is 7.54. The lowest BCUT2D eigenvalue weighted by molar-refractivity contribution is -0.138. The minimum Gasteiger partial charge on any atom is -0.497 e. The summed E-state index contributed by atoms with van der Waals surface area (Å²) < 4.78 is 19.0. The van der Waals surface area contributed by atoms with Gasteiger partial charge in [-0.3, -0.25) is 9.36 Å². The first-order valence-electron chi connectivity index (χ1n) is 14.7. The van der Waals surface area contributed by atoms with Crippen molar-refractivity contribution in [3.63, 3.8) is 0 Å². The SMILES string of the molecule is CCOC(=O)C1=C(c2ccccc2)N=c2s/c(=C\c3cc(Cl)ccc3OCc3ccc(C#N)cc3)c(=O)n2[C@H]1c1ccc(OC)cc1. The summed E-state index contributed by atoms with van der Waals surface area (Å²) in [6.07, 6.45) is 1.73. The third kappa shape index (κ3) is 6.61. The summed E-state index contributed by atoms with van der Waals surface area (Å²) in [6, 6.07) is 30.2. The van der Waals surface area contributed by atoms with Crippen LogP contribution in [0.4, 0.5) is 0 Å². The molecule has 0 bridgehead atoms. The average Bonchev–Trinajstić information content (AvgIpc) is 3.41. The number of fused-ring (bicyclic) bond motifs is 1. The molecule has 10 heteroatoms. The molecule has 1 aromatic heterocycles. The molecule has 1 aliphatic rings. The minimum absolute atomic E-state index is 0.157. The molecule has 0 saturated heterocycles. The standard InChI is InChI=1S/C37H28ClN3O5S/c1-3-45-36(43)32-33(25-7-5-4-6-8-25)40-37-41(34(32)26-13-16-29(44-2)17-14-26)35(42)31(47-37)20-27-19-28(38)15-18-30(27)46-22-24-11-9-23(21-39)10-12-24/h4-20,34H,3,22H2,1-2H3/b31-20-/t34-/m0/s1. The lowest BCUT2D eigenvalue weighted by Crippen LogP contribution is -2.40. The van der Waals surface area contributed by atoms with Crippen LogP contribution in [-0.4, -0.2) is 24.3 Å². The summed E-state index contributed by atoms with van der Waals surface area (Å²) in [5, 5.41) is 9.58. The Hall–Kier alpha value is -5.43. The average molecular weight is 662 g/mol. The number of esters is 1. The number of halogens is 1. The molecule has 5 aromatic rings. The lowest BCUT2D eigenvalue weighted by Gasteiger charge is -2.26. The van der Waals surface area contributed by atoms with Gasteiger partial charge in [0.25, 0.3) is 5.56 Å². The second kappa shape index (κ2) is 13.9. The van der Waals surface area contributed by atoms with Crippen LogP contribution >= 0.6 is 22.9 Å². The lowest BCUT2D eigenvalue weighted by atomic mass is 9.93. The molecule has 0 spiro atoms. The molecule has 1 aliphatic heterocycles. The van der Waals surface area contributed by atoms with Crippen molar-refractivity contribution < 1.29 is 19.0 Å². The van der Waals surface area contributed by atoms with Gasteiger partial charge in [-0.2, -0.15) is 5.26 Å². The Balaban J connectivity index is 1.51. The van der Waals surface area contributed by atoms with Crippen LogP contribution < -0.4 is 24.4 Å². The minimum atomic E-state index is -0.819. The van der Waals surface area contributed by atoms with Gasteiger partial charge in [0.15, 0.2) is 4.80 Å². The van der Waals surface area contributed by atoms with E-state index in [2.05, 4.69) is 6.07 Å². The number of aromatic nitrogens is 1. The van der Waals surface area contributed by atoms with E-state index in [0.717, 1.165) is 11.1 Å². The van der Waals surface area contributed by atoms with Crippen LogP contribution in [0.1, 0.15) is 40.8 Å². The van der Waals surface area contributed by atoms with Crippen LogP contribution in [0.5, 0.6) is 11.5 Å². The van der Waals surface area contributed by atoms with E-state index in [0.29, 0.717) is 48.2 Å². The Kier molecular flexibility index (Phi) is 9.34.